The summed E-state index contributed by atoms with van der Waals surface area (Å²) in [5.74, 6) is 1.08. The predicted octanol–water partition coefficient (Wildman–Crippen LogP) is 5.09. The number of hydrogen-bond acceptors (Lipinski definition) is 5. The number of aromatic nitrogens is 2. The highest BCUT2D eigenvalue weighted by Gasteiger charge is 2.30. The lowest BCUT2D eigenvalue weighted by Crippen LogP contribution is -2.25. The molecule has 0 fully saturated rings. The van der Waals surface area contributed by atoms with E-state index in [1.54, 1.807) is 18.0 Å². The van der Waals surface area contributed by atoms with Crippen molar-refractivity contribution in [1.82, 2.24) is 9.78 Å². The Labute approximate surface area is 184 Å². The standard InChI is InChI=1S/C23H23F3N4O2/c1-16-10-21(31-3)22(32-14-17-4-6-18(7-5-17)23(24,25)26)11-20(16)30-9-8-29(15-30)19-12-27-28(2)13-19/h4-13H,14-15H2,1-3H3. The summed E-state index contributed by atoms with van der Waals surface area (Å²) < 4.78 is 51.4. The second-order valence-corrected chi connectivity index (χ2v) is 7.52. The van der Waals surface area contributed by atoms with Crippen LogP contribution in [0.1, 0.15) is 16.7 Å². The van der Waals surface area contributed by atoms with E-state index >= 15 is 0 Å². The Bertz CT molecular complexity index is 1120. The number of benzene rings is 2. The second kappa shape index (κ2) is 8.49. The average molecular weight is 444 g/mol. The molecule has 1 aliphatic heterocycles. The first-order valence-corrected chi connectivity index (χ1v) is 9.92. The van der Waals surface area contributed by atoms with Crippen LogP contribution in [0.4, 0.5) is 24.5 Å². The van der Waals surface area contributed by atoms with Crippen molar-refractivity contribution in [2.45, 2.75) is 19.7 Å². The van der Waals surface area contributed by atoms with Gasteiger partial charge in [0.25, 0.3) is 0 Å². The third-order valence-corrected chi connectivity index (χ3v) is 5.22. The highest BCUT2D eigenvalue weighted by Crippen LogP contribution is 2.37. The molecule has 0 saturated heterocycles. The normalized spacial score (nSPS) is 13.7. The van der Waals surface area contributed by atoms with Gasteiger partial charge in [-0.3, -0.25) is 4.68 Å². The van der Waals surface area contributed by atoms with E-state index < -0.39 is 11.7 Å². The lowest BCUT2D eigenvalue weighted by atomic mass is 10.1. The minimum absolute atomic E-state index is 0.120. The SMILES string of the molecule is COc1cc(C)c(N2C=CN(c3cnn(C)c3)C2)cc1OCc1ccc(C(F)(F)F)cc1. The lowest BCUT2D eigenvalue weighted by Gasteiger charge is -2.23. The first-order valence-electron chi connectivity index (χ1n) is 9.92. The Kier molecular flexibility index (Phi) is 5.73. The molecule has 2 heterocycles. The van der Waals surface area contributed by atoms with Crippen molar-refractivity contribution >= 4 is 11.4 Å². The summed E-state index contributed by atoms with van der Waals surface area (Å²) in [6.07, 6.45) is 3.33. The summed E-state index contributed by atoms with van der Waals surface area (Å²) in [7, 11) is 3.42. The lowest BCUT2D eigenvalue weighted by molar-refractivity contribution is -0.137. The van der Waals surface area contributed by atoms with E-state index in [1.165, 1.54) is 12.1 Å². The Morgan fingerprint density at radius 1 is 1.03 bits per heavy atom. The molecule has 0 bridgehead atoms. The topological polar surface area (TPSA) is 42.8 Å². The molecule has 1 aliphatic rings. The van der Waals surface area contributed by atoms with Gasteiger partial charge in [0.1, 0.15) is 6.61 Å². The Balaban J connectivity index is 1.51. The molecule has 6 nitrogen and oxygen atoms in total. The van der Waals surface area contributed by atoms with Crippen molar-refractivity contribution < 1.29 is 22.6 Å². The number of nitrogens with zero attached hydrogens (tertiary/aromatic N) is 4. The van der Waals surface area contributed by atoms with Crippen molar-refractivity contribution in [2.75, 3.05) is 23.6 Å². The maximum atomic E-state index is 12.8. The van der Waals surface area contributed by atoms with Gasteiger partial charge in [0.2, 0.25) is 0 Å². The summed E-state index contributed by atoms with van der Waals surface area (Å²) in [6.45, 7) is 2.71. The van der Waals surface area contributed by atoms with Crippen LogP contribution in [0.3, 0.4) is 0 Å². The van der Waals surface area contributed by atoms with Gasteiger partial charge in [0.15, 0.2) is 11.5 Å². The first-order chi connectivity index (χ1) is 15.2. The Hall–Kier alpha value is -3.62. The minimum Gasteiger partial charge on any atom is -0.493 e. The highest BCUT2D eigenvalue weighted by atomic mass is 19.4. The van der Waals surface area contributed by atoms with Gasteiger partial charge in [-0.2, -0.15) is 18.3 Å². The van der Waals surface area contributed by atoms with E-state index in [-0.39, 0.29) is 6.61 Å². The third-order valence-electron chi connectivity index (χ3n) is 5.22. The number of alkyl halides is 3. The molecule has 0 spiro atoms. The second-order valence-electron chi connectivity index (χ2n) is 7.52. The number of aryl methyl sites for hydroxylation is 2. The zero-order valence-electron chi connectivity index (χ0n) is 17.9. The largest absolute Gasteiger partial charge is 0.493 e. The fraction of sp³-hybridized carbons (Fsp3) is 0.261. The van der Waals surface area contributed by atoms with Crippen molar-refractivity contribution in [2.24, 2.45) is 7.05 Å². The van der Waals surface area contributed by atoms with Crippen molar-refractivity contribution in [1.29, 1.82) is 0 Å². The van der Waals surface area contributed by atoms with Gasteiger partial charge in [-0.25, -0.2) is 0 Å². The van der Waals surface area contributed by atoms with Crippen LogP contribution in [0.5, 0.6) is 11.5 Å². The van der Waals surface area contributed by atoms with Crippen LogP contribution >= 0.6 is 0 Å². The molecular weight excluding hydrogens is 421 g/mol. The average Bonchev–Trinajstić information content (AvgIpc) is 3.41. The quantitative estimate of drug-likeness (QED) is 0.530. The number of rotatable bonds is 6. The summed E-state index contributed by atoms with van der Waals surface area (Å²) in [5.41, 5.74) is 2.87. The molecule has 9 heteroatoms. The summed E-state index contributed by atoms with van der Waals surface area (Å²) in [5, 5.41) is 4.21. The summed E-state index contributed by atoms with van der Waals surface area (Å²) in [4.78, 5) is 4.15. The maximum absolute atomic E-state index is 12.8. The molecule has 0 amide bonds. The van der Waals surface area contributed by atoms with E-state index in [9.17, 15) is 13.2 Å². The molecule has 1 aromatic heterocycles. The monoisotopic (exact) mass is 444 g/mol. The molecule has 168 valence electrons. The summed E-state index contributed by atoms with van der Waals surface area (Å²) in [6, 6.07) is 8.71. The molecule has 0 unspecified atom stereocenters. The first kappa shape index (κ1) is 21.6. The van der Waals surface area contributed by atoms with Crippen LogP contribution in [0.2, 0.25) is 0 Å². The molecule has 3 aromatic rings. The van der Waals surface area contributed by atoms with E-state index in [0.717, 1.165) is 29.1 Å². The smallest absolute Gasteiger partial charge is 0.416 e. The van der Waals surface area contributed by atoms with Crippen LogP contribution < -0.4 is 19.3 Å². The van der Waals surface area contributed by atoms with E-state index in [4.69, 9.17) is 9.47 Å². The van der Waals surface area contributed by atoms with Gasteiger partial charge in [-0.15, -0.1) is 0 Å². The number of halogens is 3. The maximum Gasteiger partial charge on any atom is 0.416 e. The minimum atomic E-state index is -4.36. The molecule has 0 atom stereocenters. The predicted molar refractivity (Wildman–Crippen MR) is 116 cm³/mol. The van der Waals surface area contributed by atoms with Gasteiger partial charge in [0.05, 0.1) is 31.2 Å². The van der Waals surface area contributed by atoms with Crippen LogP contribution in [0.25, 0.3) is 0 Å². The number of anilines is 2. The van der Waals surface area contributed by atoms with Gasteiger partial charge < -0.3 is 19.3 Å². The molecule has 32 heavy (non-hydrogen) atoms. The zero-order chi connectivity index (χ0) is 22.9. The summed E-state index contributed by atoms with van der Waals surface area (Å²) >= 11 is 0. The molecule has 0 radical (unpaired) electrons. The van der Waals surface area contributed by atoms with Crippen LogP contribution in [-0.2, 0) is 19.8 Å². The molecule has 0 N–H and O–H groups in total. The molecule has 2 aromatic carbocycles. The fourth-order valence-corrected chi connectivity index (χ4v) is 3.48. The third kappa shape index (κ3) is 4.51. The fourth-order valence-electron chi connectivity index (χ4n) is 3.48. The van der Waals surface area contributed by atoms with Gasteiger partial charge >= 0.3 is 6.18 Å². The van der Waals surface area contributed by atoms with Crippen molar-refractivity contribution in [3.8, 4) is 11.5 Å². The van der Waals surface area contributed by atoms with Gasteiger partial charge in [0, 0.05) is 37.4 Å². The molecule has 0 saturated carbocycles. The molecule has 4 rings (SSSR count). The number of methoxy groups -OCH3 is 1. The number of hydrogen-bond donors (Lipinski definition) is 0. The van der Waals surface area contributed by atoms with E-state index in [1.807, 2.05) is 44.7 Å². The van der Waals surface area contributed by atoms with Crippen LogP contribution in [-0.4, -0.2) is 23.6 Å². The Morgan fingerprint density at radius 3 is 2.38 bits per heavy atom. The van der Waals surface area contributed by atoms with Gasteiger partial charge in [-0.1, -0.05) is 12.1 Å². The van der Waals surface area contributed by atoms with Gasteiger partial charge in [-0.05, 0) is 36.2 Å². The highest BCUT2D eigenvalue weighted by molar-refractivity contribution is 5.66. The molecular formula is C23H23F3N4O2. The Morgan fingerprint density at radius 2 is 1.75 bits per heavy atom. The van der Waals surface area contributed by atoms with Crippen molar-refractivity contribution in [3.05, 3.63) is 77.9 Å². The van der Waals surface area contributed by atoms with E-state index in [2.05, 4.69) is 14.9 Å². The van der Waals surface area contributed by atoms with Crippen molar-refractivity contribution in [3.63, 3.8) is 0 Å². The van der Waals surface area contributed by atoms with E-state index in [0.29, 0.717) is 23.7 Å². The van der Waals surface area contributed by atoms with Crippen LogP contribution in [0, 0.1) is 6.92 Å². The molecule has 0 aliphatic carbocycles. The van der Waals surface area contributed by atoms with Crippen LogP contribution in [0.15, 0.2) is 61.2 Å². The zero-order valence-corrected chi connectivity index (χ0v) is 17.9. The number of ether oxygens (including phenoxy) is 2.